The molecule has 2 heterocycles. The van der Waals surface area contributed by atoms with E-state index in [4.69, 9.17) is 5.73 Å². The van der Waals surface area contributed by atoms with E-state index in [1.807, 2.05) is 0 Å². The van der Waals surface area contributed by atoms with Crippen molar-refractivity contribution in [1.82, 2.24) is 9.80 Å². The molecule has 2 aliphatic heterocycles. The Morgan fingerprint density at radius 2 is 1.87 bits per heavy atom. The Hall–Kier alpha value is -0.120. The van der Waals surface area contributed by atoms with Crippen LogP contribution in [-0.4, -0.2) is 54.6 Å². The Bertz CT molecular complexity index is 189. The van der Waals surface area contributed by atoms with Gasteiger partial charge >= 0.3 is 0 Å². The Kier molecular flexibility index (Phi) is 4.00. The minimum absolute atomic E-state index is 0.447. The molecule has 0 bridgehead atoms. The highest BCUT2D eigenvalue weighted by molar-refractivity contribution is 4.81. The van der Waals surface area contributed by atoms with Gasteiger partial charge in [0.2, 0.25) is 0 Å². The predicted octanol–water partition coefficient (Wildman–Crippen LogP) is 0.894. The van der Waals surface area contributed by atoms with Gasteiger partial charge in [0.1, 0.15) is 0 Å². The molecule has 2 fully saturated rings. The van der Waals surface area contributed by atoms with Crippen molar-refractivity contribution in [1.29, 1.82) is 0 Å². The predicted molar refractivity (Wildman–Crippen MR) is 63.9 cm³/mol. The second-order valence-corrected chi connectivity index (χ2v) is 5.22. The van der Waals surface area contributed by atoms with Crippen molar-refractivity contribution in [3.8, 4) is 0 Å². The molecular weight excluding hydrogens is 186 g/mol. The van der Waals surface area contributed by atoms with Gasteiger partial charge in [0.15, 0.2) is 0 Å². The molecular formula is C12H25N3. The van der Waals surface area contributed by atoms with Crippen molar-refractivity contribution in [2.75, 3.05) is 32.7 Å². The smallest absolute Gasteiger partial charge is 0.0112 e. The van der Waals surface area contributed by atoms with E-state index in [2.05, 4.69) is 16.7 Å². The largest absolute Gasteiger partial charge is 0.328 e. The first-order valence-corrected chi connectivity index (χ1v) is 6.47. The lowest BCUT2D eigenvalue weighted by Gasteiger charge is -2.37. The highest BCUT2D eigenvalue weighted by Gasteiger charge is 2.23. The van der Waals surface area contributed by atoms with Crippen LogP contribution in [0, 0.1) is 0 Å². The molecule has 88 valence electrons. The summed E-state index contributed by atoms with van der Waals surface area (Å²) in [5.74, 6) is 0. The maximum atomic E-state index is 5.97. The van der Waals surface area contributed by atoms with Gasteiger partial charge in [0.05, 0.1) is 0 Å². The van der Waals surface area contributed by atoms with E-state index >= 15 is 0 Å². The van der Waals surface area contributed by atoms with Gasteiger partial charge in [-0.05, 0) is 52.2 Å². The van der Waals surface area contributed by atoms with Gasteiger partial charge in [0, 0.05) is 25.2 Å². The molecule has 3 nitrogen and oxygen atoms in total. The lowest BCUT2D eigenvalue weighted by Crippen LogP contribution is -2.47. The van der Waals surface area contributed by atoms with Gasteiger partial charge in [-0.15, -0.1) is 0 Å². The van der Waals surface area contributed by atoms with E-state index in [-0.39, 0.29) is 0 Å². The standard InChI is InChI=1S/C12H25N3/c1-11-10-12(13)4-7-15(11)9-8-14-5-2-3-6-14/h11-12H,2-10,13H2,1H3. The van der Waals surface area contributed by atoms with Gasteiger partial charge < -0.3 is 10.6 Å². The van der Waals surface area contributed by atoms with Gasteiger partial charge in [-0.25, -0.2) is 0 Å². The van der Waals surface area contributed by atoms with Crippen LogP contribution in [0.25, 0.3) is 0 Å². The summed E-state index contributed by atoms with van der Waals surface area (Å²) in [5, 5.41) is 0. The third-order valence-electron chi connectivity index (χ3n) is 3.96. The molecule has 0 aromatic rings. The van der Waals surface area contributed by atoms with Crippen molar-refractivity contribution in [3.05, 3.63) is 0 Å². The maximum Gasteiger partial charge on any atom is 0.0112 e. The fraction of sp³-hybridized carbons (Fsp3) is 1.00. The molecule has 2 rings (SSSR count). The zero-order valence-corrected chi connectivity index (χ0v) is 9.99. The van der Waals surface area contributed by atoms with Gasteiger partial charge in [-0.2, -0.15) is 0 Å². The van der Waals surface area contributed by atoms with Crippen LogP contribution in [0.4, 0.5) is 0 Å². The minimum Gasteiger partial charge on any atom is -0.328 e. The van der Waals surface area contributed by atoms with E-state index in [0.29, 0.717) is 12.1 Å². The van der Waals surface area contributed by atoms with Crippen molar-refractivity contribution in [2.24, 2.45) is 5.73 Å². The van der Waals surface area contributed by atoms with E-state index in [1.165, 1.54) is 58.4 Å². The van der Waals surface area contributed by atoms with E-state index in [1.54, 1.807) is 0 Å². The summed E-state index contributed by atoms with van der Waals surface area (Å²) in [6.07, 6.45) is 5.17. The van der Waals surface area contributed by atoms with E-state index in [0.717, 1.165) is 0 Å². The second kappa shape index (κ2) is 5.28. The lowest BCUT2D eigenvalue weighted by atomic mass is 9.99. The quantitative estimate of drug-likeness (QED) is 0.752. The SMILES string of the molecule is CC1CC(N)CCN1CCN1CCCC1. The summed E-state index contributed by atoms with van der Waals surface area (Å²) in [6, 6.07) is 1.14. The number of rotatable bonds is 3. The zero-order valence-electron chi connectivity index (χ0n) is 9.99. The molecule has 2 aliphatic rings. The third-order valence-corrected chi connectivity index (χ3v) is 3.96. The van der Waals surface area contributed by atoms with Crippen LogP contribution in [0.3, 0.4) is 0 Å². The summed E-state index contributed by atoms with van der Waals surface area (Å²) in [7, 11) is 0. The molecule has 0 spiro atoms. The first-order valence-electron chi connectivity index (χ1n) is 6.47. The molecule has 2 saturated heterocycles. The Morgan fingerprint density at radius 1 is 1.13 bits per heavy atom. The average Bonchev–Trinajstić information content (AvgIpc) is 2.69. The number of piperidine rings is 1. The van der Waals surface area contributed by atoms with Crippen LogP contribution in [0.1, 0.15) is 32.6 Å². The molecule has 0 saturated carbocycles. The number of nitrogens with two attached hydrogens (primary N) is 1. The molecule has 0 aliphatic carbocycles. The fourth-order valence-corrected chi connectivity index (χ4v) is 2.87. The minimum atomic E-state index is 0.447. The molecule has 0 radical (unpaired) electrons. The number of nitrogens with zero attached hydrogens (tertiary/aromatic N) is 2. The lowest BCUT2D eigenvalue weighted by molar-refractivity contribution is 0.131. The summed E-state index contributed by atoms with van der Waals surface area (Å²) in [5.41, 5.74) is 5.97. The molecule has 2 N–H and O–H groups in total. The van der Waals surface area contributed by atoms with Crippen LogP contribution >= 0.6 is 0 Å². The van der Waals surface area contributed by atoms with Gasteiger partial charge in [-0.3, -0.25) is 4.90 Å². The second-order valence-electron chi connectivity index (χ2n) is 5.22. The Balaban J connectivity index is 1.69. The average molecular weight is 211 g/mol. The molecule has 2 atom stereocenters. The highest BCUT2D eigenvalue weighted by atomic mass is 15.2. The van der Waals surface area contributed by atoms with E-state index < -0.39 is 0 Å². The first kappa shape index (κ1) is 11.4. The van der Waals surface area contributed by atoms with Crippen LogP contribution in [0.2, 0.25) is 0 Å². The third kappa shape index (κ3) is 3.16. The van der Waals surface area contributed by atoms with Crippen molar-refractivity contribution in [2.45, 2.75) is 44.7 Å². The van der Waals surface area contributed by atoms with Crippen molar-refractivity contribution in [3.63, 3.8) is 0 Å². The van der Waals surface area contributed by atoms with Crippen molar-refractivity contribution >= 4 is 0 Å². The summed E-state index contributed by atoms with van der Waals surface area (Å²) in [4.78, 5) is 5.21. The Labute approximate surface area is 93.6 Å². The fourth-order valence-electron chi connectivity index (χ4n) is 2.87. The molecule has 2 unspecified atom stereocenters. The van der Waals surface area contributed by atoms with Crippen LogP contribution < -0.4 is 5.73 Å². The van der Waals surface area contributed by atoms with Gasteiger partial charge in [0.25, 0.3) is 0 Å². The highest BCUT2D eigenvalue weighted by Crippen LogP contribution is 2.16. The number of hydrogen-bond donors (Lipinski definition) is 1. The summed E-state index contributed by atoms with van der Waals surface area (Å²) < 4.78 is 0. The molecule has 0 amide bonds. The first-order chi connectivity index (χ1) is 7.25. The molecule has 0 aromatic heterocycles. The summed E-state index contributed by atoms with van der Waals surface area (Å²) >= 11 is 0. The normalized spacial score (nSPS) is 34.8. The number of likely N-dealkylation sites (tertiary alicyclic amines) is 2. The molecule has 0 aromatic carbocycles. The number of hydrogen-bond acceptors (Lipinski definition) is 3. The van der Waals surface area contributed by atoms with Crippen LogP contribution in [0.15, 0.2) is 0 Å². The molecule has 3 heteroatoms. The van der Waals surface area contributed by atoms with Crippen molar-refractivity contribution < 1.29 is 0 Å². The summed E-state index contributed by atoms with van der Waals surface area (Å²) in [6.45, 7) is 8.68. The molecule has 15 heavy (non-hydrogen) atoms. The van der Waals surface area contributed by atoms with Crippen LogP contribution in [0.5, 0.6) is 0 Å². The topological polar surface area (TPSA) is 32.5 Å². The van der Waals surface area contributed by atoms with E-state index in [9.17, 15) is 0 Å². The Morgan fingerprint density at radius 3 is 2.53 bits per heavy atom. The maximum absolute atomic E-state index is 5.97. The van der Waals surface area contributed by atoms with Crippen LogP contribution in [-0.2, 0) is 0 Å². The van der Waals surface area contributed by atoms with Gasteiger partial charge in [-0.1, -0.05) is 0 Å². The monoisotopic (exact) mass is 211 g/mol. The zero-order chi connectivity index (χ0) is 10.7.